The van der Waals surface area contributed by atoms with E-state index in [2.05, 4.69) is 5.32 Å². The Morgan fingerprint density at radius 1 is 0.913 bits per heavy atom. The van der Waals surface area contributed by atoms with Gasteiger partial charge in [-0.25, -0.2) is 0 Å². The SMILES string of the molecule is Cc1ccc(C(=O)CCC(=O)Nc2ccc(Cl)c(Cl)c2)cc1C. The normalized spacial score (nSPS) is 10.4. The van der Waals surface area contributed by atoms with Gasteiger partial charge in [0.2, 0.25) is 5.91 Å². The van der Waals surface area contributed by atoms with Crippen LogP contribution in [-0.2, 0) is 4.79 Å². The quantitative estimate of drug-likeness (QED) is 0.752. The summed E-state index contributed by atoms with van der Waals surface area (Å²) in [4.78, 5) is 24.1. The summed E-state index contributed by atoms with van der Waals surface area (Å²) in [6.07, 6.45) is 0.279. The summed E-state index contributed by atoms with van der Waals surface area (Å²) in [5, 5.41) is 3.50. The van der Waals surface area contributed by atoms with Crippen molar-refractivity contribution in [3.05, 3.63) is 63.1 Å². The first-order chi connectivity index (χ1) is 10.9. The summed E-state index contributed by atoms with van der Waals surface area (Å²) in [6, 6.07) is 10.4. The first-order valence-corrected chi connectivity index (χ1v) is 7.98. The summed E-state index contributed by atoms with van der Waals surface area (Å²) in [5.41, 5.74) is 3.40. The lowest BCUT2D eigenvalue weighted by atomic mass is 10.0. The molecule has 3 nitrogen and oxygen atoms in total. The summed E-state index contributed by atoms with van der Waals surface area (Å²) in [6.45, 7) is 3.96. The van der Waals surface area contributed by atoms with Crippen LogP contribution in [0.4, 0.5) is 5.69 Å². The maximum Gasteiger partial charge on any atom is 0.224 e. The smallest absolute Gasteiger partial charge is 0.224 e. The highest BCUT2D eigenvalue weighted by Gasteiger charge is 2.11. The molecule has 120 valence electrons. The van der Waals surface area contributed by atoms with Crippen LogP contribution in [0, 0.1) is 13.8 Å². The first kappa shape index (κ1) is 17.5. The van der Waals surface area contributed by atoms with E-state index in [1.165, 1.54) is 0 Å². The number of aryl methyl sites for hydroxylation is 2. The van der Waals surface area contributed by atoms with Gasteiger partial charge in [-0.05, 0) is 49.2 Å². The largest absolute Gasteiger partial charge is 0.326 e. The van der Waals surface area contributed by atoms with Gasteiger partial charge in [-0.1, -0.05) is 35.3 Å². The van der Waals surface area contributed by atoms with Crippen molar-refractivity contribution >= 4 is 40.6 Å². The Balaban J connectivity index is 1.91. The lowest BCUT2D eigenvalue weighted by molar-refractivity contribution is -0.116. The van der Waals surface area contributed by atoms with Crippen molar-refractivity contribution in [1.29, 1.82) is 0 Å². The van der Waals surface area contributed by atoms with Crippen LogP contribution in [-0.4, -0.2) is 11.7 Å². The molecule has 23 heavy (non-hydrogen) atoms. The zero-order chi connectivity index (χ0) is 17.0. The Morgan fingerprint density at radius 2 is 1.65 bits per heavy atom. The number of halogens is 2. The second-order valence-electron chi connectivity index (χ2n) is 5.40. The number of rotatable bonds is 5. The van der Waals surface area contributed by atoms with Crippen molar-refractivity contribution in [2.45, 2.75) is 26.7 Å². The van der Waals surface area contributed by atoms with Gasteiger partial charge in [0.05, 0.1) is 10.0 Å². The van der Waals surface area contributed by atoms with Gasteiger partial charge < -0.3 is 5.32 Å². The lowest BCUT2D eigenvalue weighted by Crippen LogP contribution is -2.13. The first-order valence-electron chi connectivity index (χ1n) is 7.22. The molecule has 0 unspecified atom stereocenters. The van der Waals surface area contributed by atoms with Crippen molar-refractivity contribution in [2.24, 2.45) is 0 Å². The van der Waals surface area contributed by atoms with Crippen LogP contribution in [0.5, 0.6) is 0 Å². The van der Waals surface area contributed by atoms with E-state index >= 15 is 0 Å². The molecule has 1 amide bonds. The topological polar surface area (TPSA) is 46.2 Å². The molecule has 0 saturated carbocycles. The number of amides is 1. The van der Waals surface area contributed by atoms with E-state index in [0.29, 0.717) is 21.3 Å². The van der Waals surface area contributed by atoms with Crippen LogP contribution in [0.3, 0.4) is 0 Å². The molecule has 0 fully saturated rings. The van der Waals surface area contributed by atoms with E-state index in [1.54, 1.807) is 24.3 Å². The van der Waals surface area contributed by atoms with Gasteiger partial charge in [0.1, 0.15) is 0 Å². The Bertz CT molecular complexity index is 757. The van der Waals surface area contributed by atoms with Crippen molar-refractivity contribution in [3.8, 4) is 0 Å². The molecule has 5 heteroatoms. The van der Waals surface area contributed by atoms with E-state index in [1.807, 2.05) is 26.0 Å². The Labute approximate surface area is 145 Å². The van der Waals surface area contributed by atoms with Crippen molar-refractivity contribution in [3.63, 3.8) is 0 Å². The van der Waals surface area contributed by atoms with Crippen LogP contribution in [0.2, 0.25) is 10.0 Å². The van der Waals surface area contributed by atoms with Crippen molar-refractivity contribution in [1.82, 2.24) is 0 Å². The monoisotopic (exact) mass is 349 g/mol. The summed E-state index contributed by atoms with van der Waals surface area (Å²) < 4.78 is 0. The van der Waals surface area contributed by atoms with E-state index < -0.39 is 0 Å². The summed E-state index contributed by atoms with van der Waals surface area (Å²) in [7, 11) is 0. The van der Waals surface area contributed by atoms with Crippen LogP contribution >= 0.6 is 23.2 Å². The van der Waals surface area contributed by atoms with Gasteiger partial charge in [-0.2, -0.15) is 0 Å². The lowest BCUT2D eigenvalue weighted by Gasteiger charge is -2.07. The third kappa shape index (κ3) is 4.81. The van der Waals surface area contributed by atoms with Gasteiger partial charge >= 0.3 is 0 Å². The van der Waals surface area contributed by atoms with Gasteiger partial charge in [0, 0.05) is 24.1 Å². The number of ketones is 1. The summed E-state index contributed by atoms with van der Waals surface area (Å²) in [5.74, 6) is -0.280. The fourth-order valence-electron chi connectivity index (χ4n) is 2.08. The number of benzene rings is 2. The average molecular weight is 350 g/mol. The van der Waals surface area contributed by atoms with E-state index in [-0.39, 0.29) is 24.5 Å². The van der Waals surface area contributed by atoms with Gasteiger partial charge in [0.15, 0.2) is 5.78 Å². The molecule has 2 aromatic carbocycles. The number of anilines is 1. The molecule has 2 aromatic rings. The van der Waals surface area contributed by atoms with Gasteiger partial charge in [-0.15, -0.1) is 0 Å². The maximum atomic E-state index is 12.1. The molecule has 0 aliphatic rings. The molecule has 0 radical (unpaired) electrons. The van der Waals surface area contributed by atoms with Crippen LogP contribution in [0.25, 0.3) is 0 Å². The second-order valence-corrected chi connectivity index (χ2v) is 6.21. The van der Waals surface area contributed by atoms with Crippen molar-refractivity contribution in [2.75, 3.05) is 5.32 Å². The molecule has 2 rings (SSSR count). The van der Waals surface area contributed by atoms with Crippen molar-refractivity contribution < 1.29 is 9.59 Å². The van der Waals surface area contributed by atoms with Crippen LogP contribution < -0.4 is 5.32 Å². The number of nitrogens with one attached hydrogen (secondary N) is 1. The van der Waals surface area contributed by atoms with Crippen LogP contribution in [0.1, 0.15) is 34.3 Å². The van der Waals surface area contributed by atoms with Gasteiger partial charge in [-0.3, -0.25) is 9.59 Å². The Hall–Kier alpha value is -1.84. The molecule has 0 aliphatic heterocycles. The number of carbonyl (C=O) groups excluding carboxylic acids is 2. The van der Waals surface area contributed by atoms with E-state index in [4.69, 9.17) is 23.2 Å². The van der Waals surface area contributed by atoms with E-state index in [0.717, 1.165) is 11.1 Å². The second kappa shape index (κ2) is 7.62. The minimum atomic E-state index is -0.236. The summed E-state index contributed by atoms with van der Waals surface area (Å²) >= 11 is 11.7. The molecule has 1 N–H and O–H groups in total. The molecule has 0 aliphatic carbocycles. The number of carbonyl (C=O) groups is 2. The third-order valence-corrected chi connectivity index (χ3v) is 4.35. The molecule has 0 heterocycles. The number of hydrogen-bond donors (Lipinski definition) is 1. The predicted molar refractivity (Wildman–Crippen MR) is 94.6 cm³/mol. The highest BCUT2D eigenvalue weighted by Crippen LogP contribution is 2.25. The number of hydrogen-bond acceptors (Lipinski definition) is 2. The molecule has 0 bridgehead atoms. The molecule has 0 aromatic heterocycles. The third-order valence-electron chi connectivity index (χ3n) is 3.61. The van der Waals surface area contributed by atoms with E-state index in [9.17, 15) is 9.59 Å². The molecule has 0 spiro atoms. The molecular weight excluding hydrogens is 333 g/mol. The maximum absolute atomic E-state index is 12.1. The standard InChI is InChI=1S/C18H17Cl2NO2/c1-11-3-4-13(9-12(11)2)17(22)7-8-18(23)21-14-5-6-15(19)16(20)10-14/h3-6,9-10H,7-8H2,1-2H3,(H,21,23). The molecule has 0 atom stereocenters. The molecule has 0 saturated heterocycles. The Morgan fingerprint density at radius 3 is 2.30 bits per heavy atom. The zero-order valence-corrected chi connectivity index (χ0v) is 14.5. The van der Waals surface area contributed by atoms with Gasteiger partial charge in [0.25, 0.3) is 0 Å². The Kier molecular flexibility index (Phi) is 5.80. The fraction of sp³-hybridized carbons (Fsp3) is 0.222. The zero-order valence-electron chi connectivity index (χ0n) is 13.0. The number of Topliss-reactive ketones (excluding diaryl/α,β-unsaturated/α-hetero) is 1. The minimum Gasteiger partial charge on any atom is -0.326 e. The minimum absolute atomic E-state index is 0.0441. The fourth-order valence-corrected chi connectivity index (χ4v) is 2.38. The highest BCUT2D eigenvalue weighted by molar-refractivity contribution is 6.42. The highest BCUT2D eigenvalue weighted by atomic mass is 35.5. The predicted octanol–water partition coefficient (Wildman–Crippen LogP) is 5.21. The van der Waals surface area contributed by atoms with Crippen LogP contribution in [0.15, 0.2) is 36.4 Å². The average Bonchev–Trinajstić information content (AvgIpc) is 2.51. The molecular formula is C18H17Cl2NO2.